The minimum atomic E-state index is -0.135. The summed E-state index contributed by atoms with van der Waals surface area (Å²) < 4.78 is 5.28. The van der Waals surface area contributed by atoms with E-state index in [-0.39, 0.29) is 12.1 Å². The van der Waals surface area contributed by atoms with E-state index in [9.17, 15) is 4.79 Å². The Bertz CT molecular complexity index is 203. The molecular weight excluding hydrogens is 176 g/mol. The number of rotatable bonds is 1. The average molecular weight is 198 g/mol. The number of carbonyl (C=O) groups is 1. The fourth-order valence-corrected chi connectivity index (χ4v) is 2.27. The van der Waals surface area contributed by atoms with Crippen molar-refractivity contribution >= 4 is 5.97 Å². The standard InChI is InChI=1S/C12H22O2/c1-9(13)14-11-7-5-6-10(8-11)12(2,3)4/h10-11H,5-8H2,1-4H3. The van der Waals surface area contributed by atoms with Crippen molar-refractivity contribution in [1.82, 2.24) is 0 Å². The maximum atomic E-state index is 10.8. The van der Waals surface area contributed by atoms with Gasteiger partial charge in [0.25, 0.3) is 0 Å². The highest BCUT2D eigenvalue weighted by atomic mass is 16.5. The molecule has 2 nitrogen and oxygen atoms in total. The second-order valence-electron chi connectivity index (χ2n) is 5.46. The van der Waals surface area contributed by atoms with Gasteiger partial charge in [0.2, 0.25) is 0 Å². The van der Waals surface area contributed by atoms with Crippen LogP contribution in [0.4, 0.5) is 0 Å². The lowest BCUT2D eigenvalue weighted by molar-refractivity contribution is -0.149. The van der Waals surface area contributed by atoms with Crippen LogP contribution in [0.2, 0.25) is 0 Å². The lowest BCUT2D eigenvalue weighted by atomic mass is 9.71. The minimum Gasteiger partial charge on any atom is -0.463 e. The zero-order valence-electron chi connectivity index (χ0n) is 9.80. The van der Waals surface area contributed by atoms with Crippen LogP contribution in [-0.4, -0.2) is 12.1 Å². The molecule has 0 aromatic carbocycles. The molecule has 0 spiro atoms. The monoisotopic (exact) mass is 198 g/mol. The fourth-order valence-electron chi connectivity index (χ4n) is 2.27. The van der Waals surface area contributed by atoms with Crippen LogP contribution >= 0.6 is 0 Å². The molecule has 1 aliphatic rings. The summed E-state index contributed by atoms with van der Waals surface area (Å²) >= 11 is 0. The van der Waals surface area contributed by atoms with Gasteiger partial charge >= 0.3 is 5.97 Å². The minimum absolute atomic E-state index is 0.135. The summed E-state index contributed by atoms with van der Waals surface area (Å²) in [5, 5.41) is 0. The van der Waals surface area contributed by atoms with Gasteiger partial charge in [0.15, 0.2) is 0 Å². The average Bonchev–Trinajstić information content (AvgIpc) is 2.01. The van der Waals surface area contributed by atoms with E-state index in [4.69, 9.17) is 4.74 Å². The Morgan fingerprint density at radius 1 is 1.29 bits per heavy atom. The van der Waals surface area contributed by atoms with Crippen molar-refractivity contribution in [3.05, 3.63) is 0 Å². The van der Waals surface area contributed by atoms with E-state index >= 15 is 0 Å². The molecule has 1 saturated carbocycles. The third-order valence-corrected chi connectivity index (χ3v) is 3.18. The predicted octanol–water partition coefficient (Wildman–Crippen LogP) is 3.15. The number of esters is 1. The van der Waals surface area contributed by atoms with Gasteiger partial charge in [0.1, 0.15) is 6.10 Å². The van der Waals surface area contributed by atoms with E-state index in [1.165, 1.54) is 19.8 Å². The highest BCUT2D eigenvalue weighted by Crippen LogP contribution is 2.38. The van der Waals surface area contributed by atoms with Gasteiger partial charge in [-0.2, -0.15) is 0 Å². The molecule has 1 fully saturated rings. The van der Waals surface area contributed by atoms with Gasteiger partial charge in [-0.15, -0.1) is 0 Å². The first-order valence-corrected chi connectivity index (χ1v) is 5.57. The Balaban J connectivity index is 2.48. The molecule has 0 aromatic heterocycles. The number of ether oxygens (including phenoxy) is 1. The molecule has 0 aliphatic heterocycles. The first kappa shape index (κ1) is 11.5. The Morgan fingerprint density at radius 2 is 1.93 bits per heavy atom. The zero-order chi connectivity index (χ0) is 10.8. The summed E-state index contributed by atoms with van der Waals surface area (Å²) in [6.45, 7) is 8.32. The number of hydrogen-bond donors (Lipinski definition) is 0. The Morgan fingerprint density at radius 3 is 2.43 bits per heavy atom. The summed E-state index contributed by atoms with van der Waals surface area (Å²) in [7, 11) is 0. The van der Waals surface area contributed by atoms with Crippen LogP contribution in [0.3, 0.4) is 0 Å². The van der Waals surface area contributed by atoms with Gasteiger partial charge in [-0.25, -0.2) is 0 Å². The van der Waals surface area contributed by atoms with Gasteiger partial charge < -0.3 is 4.74 Å². The summed E-state index contributed by atoms with van der Waals surface area (Å²) in [5.74, 6) is 0.560. The summed E-state index contributed by atoms with van der Waals surface area (Å²) in [5.41, 5.74) is 0.346. The Labute approximate surface area is 87.0 Å². The second kappa shape index (κ2) is 4.33. The Kier molecular flexibility index (Phi) is 3.57. The molecule has 0 bridgehead atoms. The quantitative estimate of drug-likeness (QED) is 0.605. The SMILES string of the molecule is CC(=O)OC1CCCC(C(C)(C)C)C1. The molecule has 1 rings (SSSR count). The highest BCUT2D eigenvalue weighted by molar-refractivity contribution is 5.66. The predicted molar refractivity (Wildman–Crippen MR) is 57.0 cm³/mol. The van der Waals surface area contributed by atoms with Gasteiger partial charge in [0, 0.05) is 6.92 Å². The first-order chi connectivity index (χ1) is 6.39. The zero-order valence-corrected chi connectivity index (χ0v) is 9.80. The molecule has 0 saturated heterocycles. The Hall–Kier alpha value is -0.530. The molecule has 0 radical (unpaired) electrons. The maximum absolute atomic E-state index is 10.8. The van der Waals surface area contributed by atoms with Crippen molar-refractivity contribution in [3.63, 3.8) is 0 Å². The van der Waals surface area contributed by atoms with Crippen molar-refractivity contribution in [1.29, 1.82) is 0 Å². The van der Waals surface area contributed by atoms with Gasteiger partial charge in [0.05, 0.1) is 0 Å². The summed E-state index contributed by atoms with van der Waals surface area (Å²) in [6.07, 6.45) is 4.74. The van der Waals surface area contributed by atoms with E-state index in [0.717, 1.165) is 12.8 Å². The summed E-state index contributed by atoms with van der Waals surface area (Å²) in [6, 6.07) is 0. The van der Waals surface area contributed by atoms with Crippen LogP contribution in [0.15, 0.2) is 0 Å². The lowest BCUT2D eigenvalue weighted by Gasteiger charge is -2.37. The maximum Gasteiger partial charge on any atom is 0.302 e. The molecule has 2 unspecified atom stereocenters. The van der Waals surface area contributed by atoms with Gasteiger partial charge in [-0.1, -0.05) is 20.8 Å². The normalized spacial score (nSPS) is 28.6. The molecule has 0 aromatic rings. The van der Waals surface area contributed by atoms with Crippen LogP contribution < -0.4 is 0 Å². The molecule has 2 heteroatoms. The third-order valence-electron chi connectivity index (χ3n) is 3.18. The van der Waals surface area contributed by atoms with E-state index in [0.29, 0.717) is 11.3 Å². The summed E-state index contributed by atoms with van der Waals surface area (Å²) in [4.78, 5) is 10.8. The van der Waals surface area contributed by atoms with Crippen LogP contribution in [0, 0.1) is 11.3 Å². The number of carbonyl (C=O) groups excluding carboxylic acids is 1. The van der Waals surface area contributed by atoms with E-state index in [1.54, 1.807) is 0 Å². The van der Waals surface area contributed by atoms with Crippen LogP contribution in [0.25, 0.3) is 0 Å². The molecule has 0 N–H and O–H groups in total. The first-order valence-electron chi connectivity index (χ1n) is 5.57. The van der Waals surface area contributed by atoms with Gasteiger partial charge in [-0.05, 0) is 37.0 Å². The highest BCUT2D eigenvalue weighted by Gasteiger charge is 2.31. The molecule has 2 atom stereocenters. The molecule has 0 heterocycles. The van der Waals surface area contributed by atoms with Crippen molar-refractivity contribution < 1.29 is 9.53 Å². The third kappa shape index (κ3) is 3.32. The van der Waals surface area contributed by atoms with Crippen molar-refractivity contribution in [2.24, 2.45) is 11.3 Å². The van der Waals surface area contributed by atoms with Crippen molar-refractivity contribution in [2.45, 2.75) is 59.5 Å². The smallest absolute Gasteiger partial charge is 0.302 e. The molecule has 1 aliphatic carbocycles. The fraction of sp³-hybridized carbons (Fsp3) is 0.917. The van der Waals surface area contributed by atoms with Crippen LogP contribution in [-0.2, 0) is 9.53 Å². The number of hydrogen-bond acceptors (Lipinski definition) is 2. The van der Waals surface area contributed by atoms with Crippen molar-refractivity contribution in [3.8, 4) is 0 Å². The van der Waals surface area contributed by atoms with Crippen molar-refractivity contribution in [2.75, 3.05) is 0 Å². The molecule has 0 amide bonds. The van der Waals surface area contributed by atoms with Crippen LogP contribution in [0.5, 0.6) is 0 Å². The largest absolute Gasteiger partial charge is 0.463 e. The molecule has 82 valence electrons. The lowest BCUT2D eigenvalue weighted by Crippen LogP contribution is -2.31. The van der Waals surface area contributed by atoms with E-state index < -0.39 is 0 Å². The molecular formula is C12H22O2. The van der Waals surface area contributed by atoms with E-state index in [1.807, 2.05) is 0 Å². The van der Waals surface area contributed by atoms with Gasteiger partial charge in [-0.3, -0.25) is 4.79 Å². The van der Waals surface area contributed by atoms with Crippen LogP contribution in [0.1, 0.15) is 53.4 Å². The molecule has 14 heavy (non-hydrogen) atoms. The topological polar surface area (TPSA) is 26.3 Å². The second-order valence-corrected chi connectivity index (χ2v) is 5.46. The van der Waals surface area contributed by atoms with E-state index in [2.05, 4.69) is 20.8 Å².